The first-order chi connectivity index (χ1) is 41.0. The number of carbonyl (C=O) groups excluding carboxylic acids is 3. The highest BCUT2D eigenvalue weighted by Crippen LogP contribution is 2.17. The average molecular weight is 1150 g/mol. The molecule has 0 rings (SSSR count). The van der Waals surface area contributed by atoms with E-state index in [0.29, 0.717) is 19.3 Å². The van der Waals surface area contributed by atoms with Crippen LogP contribution in [0.15, 0.2) is 109 Å². The molecule has 0 N–H and O–H groups in total. The van der Waals surface area contributed by atoms with E-state index in [1.807, 2.05) is 0 Å². The standard InChI is InChI=1S/C77H132O6/c1-4-7-10-13-16-19-22-25-28-31-34-36-38-40-43-46-49-52-55-58-61-64-67-70-76(79)82-73-74(72-81-75(78)69-66-63-60-57-54-51-48-45-42-33-30-27-24-21-18-15-12-9-6-3)83-77(80)71-68-65-62-59-56-53-50-47-44-41-39-37-35-32-29-26-23-20-17-14-11-8-5-2/h9,12,18,21-22,25,27,30-32,34-35,38,40,42,45,51,54,74H,4-8,10-11,13-17,19-20,23-24,26,28-29,33,36-37,39,41,43-44,46-50,52-53,55-73H2,1-3H3/b12-9-,21-18-,25-22-,30-27-,34-31-,35-32-,40-38-,45-42-,54-51-. The van der Waals surface area contributed by atoms with E-state index in [0.717, 1.165) is 116 Å². The zero-order chi connectivity index (χ0) is 59.9. The van der Waals surface area contributed by atoms with Crippen LogP contribution in [0, 0.1) is 0 Å². The molecular weight excluding hydrogens is 1020 g/mol. The number of ether oxygens (including phenoxy) is 3. The number of hydrogen-bond donors (Lipinski definition) is 0. The van der Waals surface area contributed by atoms with Crippen molar-refractivity contribution in [3.05, 3.63) is 109 Å². The maximum absolute atomic E-state index is 13.0. The van der Waals surface area contributed by atoms with Gasteiger partial charge < -0.3 is 14.2 Å². The molecule has 0 aliphatic rings. The van der Waals surface area contributed by atoms with E-state index in [2.05, 4.69) is 130 Å². The van der Waals surface area contributed by atoms with Gasteiger partial charge in [-0.25, -0.2) is 0 Å². The third kappa shape index (κ3) is 68.7. The molecule has 1 unspecified atom stereocenters. The summed E-state index contributed by atoms with van der Waals surface area (Å²) in [7, 11) is 0. The maximum atomic E-state index is 13.0. The van der Waals surface area contributed by atoms with Gasteiger partial charge in [0.1, 0.15) is 13.2 Å². The summed E-state index contributed by atoms with van der Waals surface area (Å²) in [5.74, 6) is -0.920. The Morgan fingerprint density at radius 3 is 0.759 bits per heavy atom. The Hall–Kier alpha value is -3.93. The summed E-state index contributed by atoms with van der Waals surface area (Å²) in [5.41, 5.74) is 0. The highest BCUT2D eigenvalue weighted by molar-refractivity contribution is 5.71. The summed E-state index contributed by atoms with van der Waals surface area (Å²) in [6.45, 7) is 6.52. The molecule has 0 saturated carbocycles. The van der Waals surface area contributed by atoms with Crippen LogP contribution in [0.3, 0.4) is 0 Å². The van der Waals surface area contributed by atoms with Gasteiger partial charge in [-0.1, -0.05) is 304 Å². The topological polar surface area (TPSA) is 78.9 Å². The summed E-state index contributed by atoms with van der Waals surface area (Å²) in [5, 5.41) is 0. The Kier molecular flexibility index (Phi) is 67.2. The number of hydrogen-bond acceptors (Lipinski definition) is 6. The van der Waals surface area contributed by atoms with Crippen LogP contribution in [-0.2, 0) is 28.6 Å². The summed E-state index contributed by atoms with van der Waals surface area (Å²) in [6.07, 6.45) is 96.8. The summed E-state index contributed by atoms with van der Waals surface area (Å²) >= 11 is 0. The Labute approximate surface area is 514 Å². The molecule has 0 aliphatic heterocycles. The molecule has 6 nitrogen and oxygen atoms in total. The molecule has 0 bridgehead atoms. The second-order valence-electron chi connectivity index (χ2n) is 23.4. The van der Waals surface area contributed by atoms with Crippen LogP contribution in [-0.4, -0.2) is 37.2 Å². The largest absolute Gasteiger partial charge is 0.462 e. The van der Waals surface area contributed by atoms with Crippen molar-refractivity contribution < 1.29 is 28.6 Å². The third-order valence-corrected chi connectivity index (χ3v) is 15.2. The van der Waals surface area contributed by atoms with E-state index in [9.17, 15) is 14.4 Å². The molecule has 1 atom stereocenters. The lowest BCUT2D eigenvalue weighted by Gasteiger charge is -2.18. The van der Waals surface area contributed by atoms with E-state index in [1.165, 1.54) is 186 Å². The van der Waals surface area contributed by atoms with Crippen molar-refractivity contribution in [2.45, 2.75) is 348 Å². The predicted molar refractivity (Wildman–Crippen MR) is 362 cm³/mol. The molecular formula is C77H132O6. The normalized spacial score (nSPS) is 12.8. The van der Waals surface area contributed by atoms with Crippen LogP contribution in [0.4, 0.5) is 0 Å². The van der Waals surface area contributed by atoms with Crippen molar-refractivity contribution in [2.75, 3.05) is 13.2 Å². The molecule has 83 heavy (non-hydrogen) atoms. The second kappa shape index (κ2) is 70.6. The van der Waals surface area contributed by atoms with Gasteiger partial charge in [-0.3, -0.25) is 14.4 Å². The highest BCUT2D eigenvalue weighted by Gasteiger charge is 2.19. The number of unbranched alkanes of at least 4 members (excludes halogenated alkanes) is 35. The van der Waals surface area contributed by atoms with Gasteiger partial charge in [0, 0.05) is 19.3 Å². The van der Waals surface area contributed by atoms with E-state index < -0.39 is 6.10 Å². The lowest BCUT2D eigenvalue weighted by atomic mass is 10.0. The van der Waals surface area contributed by atoms with Gasteiger partial charge in [-0.05, 0) is 128 Å². The Bertz CT molecular complexity index is 1660. The van der Waals surface area contributed by atoms with E-state index in [4.69, 9.17) is 14.2 Å². The molecule has 0 aromatic rings. The SMILES string of the molecule is CC/C=C\C/C=C\C/C=C\C/C=C\C/C=C\CCCCCC(=O)OCC(COC(=O)CCCCCCCCCC/C=C\C/C=C\C/C=C\CCCCCCC)OC(=O)CCCCCCCCCCCCC/C=C\CCCCCCCCCC. The lowest BCUT2D eigenvalue weighted by Crippen LogP contribution is -2.30. The average Bonchev–Trinajstić information content (AvgIpc) is 3.49. The molecule has 0 aromatic heterocycles. The molecule has 0 aromatic carbocycles. The van der Waals surface area contributed by atoms with Crippen LogP contribution >= 0.6 is 0 Å². The van der Waals surface area contributed by atoms with Crippen molar-refractivity contribution in [2.24, 2.45) is 0 Å². The monoisotopic (exact) mass is 1150 g/mol. The van der Waals surface area contributed by atoms with Crippen LogP contribution in [0.2, 0.25) is 0 Å². The minimum atomic E-state index is -0.800. The van der Waals surface area contributed by atoms with Crippen LogP contribution in [0.25, 0.3) is 0 Å². The summed E-state index contributed by atoms with van der Waals surface area (Å²) in [4.78, 5) is 38.5. The number of allylic oxidation sites excluding steroid dienone is 18. The first kappa shape index (κ1) is 79.1. The van der Waals surface area contributed by atoms with Crippen LogP contribution in [0.1, 0.15) is 342 Å². The lowest BCUT2D eigenvalue weighted by molar-refractivity contribution is -0.167. The molecule has 0 saturated heterocycles. The van der Waals surface area contributed by atoms with Crippen molar-refractivity contribution in [1.82, 2.24) is 0 Å². The number of rotatable bonds is 64. The van der Waals surface area contributed by atoms with Gasteiger partial charge >= 0.3 is 17.9 Å². The van der Waals surface area contributed by atoms with Gasteiger partial charge in [0.2, 0.25) is 0 Å². The van der Waals surface area contributed by atoms with Gasteiger partial charge in [0.25, 0.3) is 0 Å². The zero-order valence-electron chi connectivity index (χ0n) is 54.7. The van der Waals surface area contributed by atoms with E-state index in [1.54, 1.807) is 0 Å². The quantitative estimate of drug-likeness (QED) is 0.0261. The number of carbonyl (C=O) groups is 3. The maximum Gasteiger partial charge on any atom is 0.306 e. The minimum Gasteiger partial charge on any atom is -0.462 e. The molecule has 0 amide bonds. The number of esters is 3. The fraction of sp³-hybridized carbons (Fsp3) is 0.727. The van der Waals surface area contributed by atoms with Crippen LogP contribution < -0.4 is 0 Å². The zero-order valence-corrected chi connectivity index (χ0v) is 54.7. The van der Waals surface area contributed by atoms with E-state index in [-0.39, 0.29) is 31.1 Å². The molecule has 0 fully saturated rings. The molecule has 0 aliphatic carbocycles. The second-order valence-corrected chi connectivity index (χ2v) is 23.4. The molecule has 0 radical (unpaired) electrons. The smallest absolute Gasteiger partial charge is 0.306 e. The van der Waals surface area contributed by atoms with Crippen molar-refractivity contribution in [3.63, 3.8) is 0 Å². The Morgan fingerprint density at radius 1 is 0.253 bits per heavy atom. The minimum absolute atomic E-state index is 0.0929. The molecule has 0 spiro atoms. The molecule has 0 heterocycles. The highest BCUT2D eigenvalue weighted by atomic mass is 16.6. The first-order valence-electron chi connectivity index (χ1n) is 35.4. The first-order valence-corrected chi connectivity index (χ1v) is 35.4. The Balaban J connectivity index is 4.43. The van der Waals surface area contributed by atoms with Gasteiger partial charge in [0.05, 0.1) is 0 Å². The van der Waals surface area contributed by atoms with Gasteiger partial charge in [-0.2, -0.15) is 0 Å². The van der Waals surface area contributed by atoms with Crippen molar-refractivity contribution >= 4 is 17.9 Å². The van der Waals surface area contributed by atoms with Gasteiger partial charge in [-0.15, -0.1) is 0 Å². The predicted octanol–water partition coefficient (Wildman–Crippen LogP) is 24.6. The summed E-state index contributed by atoms with van der Waals surface area (Å²) < 4.78 is 17.0. The Morgan fingerprint density at radius 2 is 0.470 bits per heavy atom. The van der Waals surface area contributed by atoms with Crippen molar-refractivity contribution in [1.29, 1.82) is 0 Å². The fourth-order valence-corrected chi connectivity index (χ4v) is 9.94. The third-order valence-electron chi connectivity index (χ3n) is 15.2. The summed E-state index contributed by atoms with van der Waals surface area (Å²) in [6, 6.07) is 0. The van der Waals surface area contributed by atoms with Crippen molar-refractivity contribution in [3.8, 4) is 0 Å². The van der Waals surface area contributed by atoms with Crippen LogP contribution in [0.5, 0.6) is 0 Å². The van der Waals surface area contributed by atoms with Gasteiger partial charge in [0.15, 0.2) is 6.10 Å². The fourth-order valence-electron chi connectivity index (χ4n) is 9.94. The molecule has 476 valence electrons. The van der Waals surface area contributed by atoms with E-state index >= 15 is 0 Å². The molecule has 6 heteroatoms.